The summed E-state index contributed by atoms with van der Waals surface area (Å²) in [5.74, 6) is 0.132. The van der Waals surface area contributed by atoms with E-state index in [1.807, 2.05) is 18.2 Å². The van der Waals surface area contributed by atoms with E-state index in [0.29, 0.717) is 40.0 Å². The molecule has 1 aromatic heterocycles. The number of halogens is 1. The number of carbonyl (C=O) groups excluding carboxylic acids is 1. The molecule has 0 atom stereocenters. The Balaban J connectivity index is 1.86. The van der Waals surface area contributed by atoms with E-state index in [4.69, 9.17) is 20.8 Å². The second-order valence-corrected chi connectivity index (χ2v) is 4.99. The topological polar surface area (TPSA) is 64.4 Å². The summed E-state index contributed by atoms with van der Waals surface area (Å²) in [6.07, 6.45) is 0.313. The van der Waals surface area contributed by atoms with Crippen LogP contribution in [0.5, 0.6) is 5.75 Å². The average molecular weight is 317 g/mol. The van der Waals surface area contributed by atoms with Crippen molar-refractivity contribution in [3.63, 3.8) is 0 Å². The van der Waals surface area contributed by atoms with Gasteiger partial charge >= 0.3 is 5.97 Å². The maximum Gasteiger partial charge on any atom is 0.310 e. The van der Waals surface area contributed by atoms with Crippen molar-refractivity contribution in [2.24, 2.45) is 0 Å². The second kappa shape index (κ2) is 6.07. The van der Waals surface area contributed by atoms with Crippen LogP contribution in [0.4, 0.5) is 11.7 Å². The number of rotatable bonds is 4. The number of aromatic nitrogens is 1. The molecule has 3 rings (SSSR count). The van der Waals surface area contributed by atoms with E-state index in [-0.39, 0.29) is 5.97 Å². The third-order valence-corrected chi connectivity index (χ3v) is 3.33. The van der Waals surface area contributed by atoms with Crippen molar-refractivity contribution < 1.29 is 13.9 Å². The van der Waals surface area contributed by atoms with E-state index >= 15 is 0 Å². The van der Waals surface area contributed by atoms with E-state index in [1.165, 1.54) is 0 Å². The van der Waals surface area contributed by atoms with Gasteiger partial charge in [-0.3, -0.25) is 4.79 Å². The SMILES string of the molecule is CCC(=O)Oc1ccc2nc(Nc3ccccc3Cl)oc2c1. The van der Waals surface area contributed by atoms with E-state index < -0.39 is 0 Å². The molecule has 112 valence electrons. The summed E-state index contributed by atoms with van der Waals surface area (Å²) in [7, 11) is 0. The number of ether oxygens (including phenoxy) is 1. The van der Waals surface area contributed by atoms with E-state index in [9.17, 15) is 4.79 Å². The summed E-state index contributed by atoms with van der Waals surface area (Å²) >= 11 is 6.08. The molecule has 0 saturated heterocycles. The van der Waals surface area contributed by atoms with E-state index in [1.54, 1.807) is 31.2 Å². The van der Waals surface area contributed by atoms with Gasteiger partial charge < -0.3 is 14.5 Å². The van der Waals surface area contributed by atoms with E-state index in [0.717, 1.165) is 0 Å². The Labute approximate surface area is 131 Å². The van der Waals surface area contributed by atoms with Crippen molar-refractivity contribution in [3.8, 4) is 5.75 Å². The van der Waals surface area contributed by atoms with Crippen LogP contribution < -0.4 is 10.1 Å². The number of nitrogens with one attached hydrogen (secondary N) is 1. The van der Waals surface area contributed by atoms with Crippen LogP contribution in [0.25, 0.3) is 11.1 Å². The van der Waals surface area contributed by atoms with Crippen LogP contribution in [0.15, 0.2) is 46.9 Å². The smallest absolute Gasteiger partial charge is 0.310 e. The normalized spacial score (nSPS) is 10.6. The highest BCUT2D eigenvalue weighted by molar-refractivity contribution is 6.33. The average Bonchev–Trinajstić information content (AvgIpc) is 2.91. The molecule has 3 aromatic rings. The zero-order valence-electron chi connectivity index (χ0n) is 11.8. The predicted octanol–water partition coefficient (Wildman–Crippen LogP) is 4.54. The molecule has 0 amide bonds. The molecule has 0 radical (unpaired) electrons. The number of carbonyl (C=O) groups is 1. The van der Waals surface area contributed by atoms with Gasteiger partial charge in [0.05, 0.1) is 10.7 Å². The maximum atomic E-state index is 11.3. The molecule has 1 N–H and O–H groups in total. The molecule has 22 heavy (non-hydrogen) atoms. The van der Waals surface area contributed by atoms with Crippen LogP contribution >= 0.6 is 11.6 Å². The molecular weight excluding hydrogens is 304 g/mol. The molecule has 0 bridgehead atoms. The molecule has 0 aliphatic rings. The maximum absolute atomic E-state index is 11.3. The lowest BCUT2D eigenvalue weighted by atomic mass is 10.3. The van der Waals surface area contributed by atoms with Crippen molar-refractivity contribution in [3.05, 3.63) is 47.5 Å². The van der Waals surface area contributed by atoms with Gasteiger partial charge in [0.1, 0.15) is 11.3 Å². The second-order valence-electron chi connectivity index (χ2n) is 4.58. The summed E-state index contributed by atoms with van der Waals surface area (Å²) in [6, 6.07) is 12.7. The van der Waals surface area contributed by atoms with Crippen molar-refractivity contribution in [1.82, 2.24) is 4.98 Å². The summed E-state index contributed by atoms with van der Waals surface area (Å²) in [4.78, 5) is 15.6. The fourth-order valence-electron chi connectivity index (χ4n) is 1.90. The Bertz CT molecular complexity index is 829. The van der Waals surface area contributed by atoms with Crippen LogP contribution in [0.3, 0.4) is 0 Å². The van der Waals surface area contributed by atoms with Gasteiger partial charge in [-0.1, -0.05) is 30.7 Å². The van der Waals surface area contributed by atoms with Gasteiger partial charge in [0.2, 0.25) is 0 Å². The van der Waals surface area contributed by atoms with Crippen LogP contribution in [-0.4, -0.2) is 11.0 Å². The molecule has 6 heteroatoms. The molecular formula is C16H13ClN2O3. The number of oxazole rings is 1. The number of fused-ring (bicyclic) bond motifs is 1. The summed E-state index contributed by atoms with van der Waals surface area (Å²) in [5, 5.41) is 3.59. The van der Waals surface area contributed by atoms with Gasteiger partial charge in [-0.2, -0.15) is 4.98 Å². The molecule has 0 fully saturated rings. The Morgan fingerprint density at radius 1 is 1.32 bits per heavy atom. The Hall–Kier alpha value is -2.53. The lowest BCUT2D eigenvalue weighted by Crippen LogP contribution is -2.05. The minimum absolute atomic E-state index is 0.298. The van der Waals surface area contributed by atoms with Gasteiger partial charge in [0, 0.05) is 12.5 Å². The van der Waals surface area contributed by atoms with Crippen LogP contribution in [-0.2, 0) is 4.79 Å². The monoisotopic (exact) mass is 316 g/mol. The first-order valence-electron chi connectivity index (χ1n) is 6.78. The highest BCUT2D eigenvalue weighted by atomic mass is 35.5. The van der Waals surface area contributed by atoms with Crippen LogP contribution in [0.1, 0.15) is 13.3 Å². The molecule has 2 aromatic carbocycles. The first-order chi connectivity index (χ1) is 10.7. The molecule has 0 spiro atoms. The van der Waals surface area contributed by atoms with Crippen LogP contribution in [0, 0.1) is 0 Å². The highest BCUT2D eigenvalue weighted by Gasteiger charge is 2.10. The van der Waals surface area contributed by atoms with Crippen molar-refractivity contribution >= 4 is 40.4 Å². The number of hydrogen-bond acceptors (Lipinski definition) is 5. The lowest BCUT2D eigenvalue weighted by Gasteiger charge is -2.02. The summed E-state index contributed by atoms with van der Waals surface area (Å²) < 4.78 is 10.8. The molecule has 0 aliphatic heterocycles. The number of hydrogen-bond donors (Lipinski definition) is 1. The van der Waals surface area contributed by atoms with Gasteiger partial charge in [-0.05, 0) is 24.3 Å². The quantitative estimate of drug-likeness (QED) is 0.565. The van der Waals surface area contributed by atoms with Gasteiger partial charge in [-0.25, -0.2) is 0 Å². The van der Waals surface area contributed by atoms with Gasteiger partial charge in [0.25, 0.3) is 6.01 Å². The van der Waals surface area contributed by atoms with Crippen LogP contribution in [0.2, 0.25) is 5.02 Å². The van der Waals surface area contributed by atoms with Crippen molar-refractivity contribution in [2.45, 2.75) is 13.3 Å². The molecule has 0 aliphatic carbocycles. The molecule has 1 heterocycles. The third-order valence-electron chi connectivity index (χ3n) is 3.00. The van der Waals surface area contributed by atoms with Gasteiger partial charge in [0.15, 0.2) is 5.58 Å². The minimum atomic E-state index is -0.298. The predicted molar refractivity (Wildman–Crippen MR) is 84.7 cm³/mol. The number of esters is 1. The Morgan fingerprint density at radius 2 is 2.14 bits per heavy atom. The summed E-state index contributed by atoms with van der Waals surface area (Å²) in [6.45, 7) is 1.74. The molecule has 0 saturated carbocycles. The first-order valence-corrected chi connectivity index (χ1v) is 7.16. The standard InChI is InChI=1S/C16H13ClN2O3/c1-2-15(20)21-10-7-8-13-14(9-10)22-16(19-13)18-12-6-4-3-5-11(12)17/h3-9H,2H2,1H3,(H,18,19). The Kier molecular flexibility index (Phi) is 3.98. The minimum Gasteiger partial charge on any atom is -0.426 e. The largest absolute Gasteiger partial charge is 0.426 e. The zero-order chi connectivity index (χ0) is 15.5. The number of para-hydroxylation sites is 1. The fourth-order valence-corrected chi connectivity index (χ4v) is 2.09. The van der Waals surface area contributed by atoms with Gasteiger partial charge in [-0.15, -0.1) is 0 Å². The number of nitrogens with zero attached hydrogens (tertiary/aromatic N) is 1. The van der Waals surface area contributed by atoms with Crippen molar-refractivity contribution in [2.75, 3.05) is 5.32 Å². The molecule has 0 unspecified atom stereocenters. The third kappa shape index (κ3) is 3.04. The number of benzene rings is 2. The number of anilines is 2. The summed E-state index contributed by atoms with van der Waals surface area (Å²) in [5.41, 5.74) is 1.88. The van der Waals surface area contributed by atoms with E-state index in [2.05, 4.69) is 10.3 Å². The molecule has 5 nitrogen and oxygen atoms in total. The fraction of sp³-hybridized carbons (Fsp3) is 0.125. The lowest BCUT2D eigenvalue weighted by molar-refractivity contribution is -0.134. The van der Waals surface area contributed by atoms with Crippen molar-refractivity contribution in [1.29, 1.82) is 0 Å². The Morgan fingerprint density at radius 3 is 2.91 bits per heavy atom. The first kappa shape index (κ1) is 14.4. The highest BCUT2D eigenvalue weighted by Crippen LogP contribution is 2.28. The zero-order valence-corrected chi connectivity index (χ0v) is 12.6.